The van der Waals surface area contributed by atoms with E-state index in [1.54, 1.807) is 6.20 Å². The third-order valence-electron chi connectivity index (χ3n) is 3.38. The standard InChI is InChI=1S/C12H21N5O/c1-10-11(9-14-15-10)12(18)17-5-2-4-16(6-3-13)7-8-17/h9H,2-8,13H2,1H3,(H,14,15). The van der Waals surface area contributed by atoms with E-state index in [0.29, 0.717) is 12.1 Å². The van der Waals surface area contributed by atoms with Crippen molar-refractivity contribution in [2.45, 2.75) is 13.3 Å². The number of hydrogen-bond donors (Lipinski definition) is 2. The van der Waals surface area contributed by atoms with E-state index in [1.165, 1.54) is 0 Å². The van der Waals surface area contributed by atoms with Gasteiger partial charge in [0.05, 0.1) is 11.8 Å². The Morgan fingerprint density at radius 1 is 1.44 bits per heavy atom. The minimum Gasteiger partial charge on any atom is -0.337 e. The van der Waals surface area contributed by atoms with Gasteiger partial charge < -0.3 is 15.5 Å². The molecule has 18 heavy (non-hydrogen) atoms. The molecule has 0 atom stereocenters. The second kappa shape index (κ2) is 5.97. The van der Waals surface area contributed by atoms with Crippen LogP contribution >= 0.6 is 0 Å². The number of amides is 1. The van der Waals surface area contributed by atoms with E-state index in [0.717, 1.165) is 44.8 Å². The van der Waals surface area contributed by atoms with Gasteiger partial charge in [-0.1, -0.05) is 0 Å². The highest BCUT2D eigenvalue weighted by Crippen LogP contribution is 2.10. The lowest BCUT2D eigenvalue weighted by Crippen LogP contribution is -2.36. The Morgan fingerprint density at radius 2 is 2.28 bits per heavy atom. The summed E-state index contributed by atoms with van der Waals surface area (Å²) < 4.78 is 0. The smallest absolute Gasteiger partial charge is 0.257 e. The van der Waals surface area contributed by atoms with E-state index < -0.39 is 0 Å². The Balaban J connectivity index is 1.98. The Bertz CT molecular complexity index is 403. The zero-order valence-electron chi connectivity index (χ0n) is 10.9. The van der Waals surface area contributed by atoms with Crippen LogP contribution < -0.4 is 5.73 Å². The molecule has 0 saturated carbocycles. The lowest BCUT2D eigenvalue weighted by atomic mass is 10.2. The van der Waals surface area contributed by atoms with Gasteiger partial charge in [0.15, 0.2) is 0 Å². The summed E-state index contributed by atoms with van der Waals surface area (Å²) in [5, 5.41) is 6.71. The molecule has 3 N–H and O–H groups in total. The first-order chi connectivity index (χ1) is 8.72. The van der Waals surface area contributed by atoms with Gasteiger partial charge in [-0.05, 0) is 19.9 Å². The van der Waals surface area contributed by atoms with E-state index in [2.05, 4.69) is 15.1 Å². The molecule has 2 heterocycles. The molecule has 0 aromatic carbocycles. The van der Waals surface area contributed by atoms with Crippen molar-refractivity contribution in [2.24, 2.45) is 5.73 Å². The highest BCUT2D eigenvalue weighted by Gasteiger charge is 2.21. The van der Waals surface area contributed by atoms with Gasteiger partial charge in [0, 0.05) is 38.4 Å². The molecule has 1 amide bonds. The van der Waals surface area contributed by atoms with Crippen molar-refractivity contribution in [3.8, 4) is 0 Å². The molecule has 2 rings (SSSR count). The molecule has 1 saturated heterocycles. The summed E-state index contributed by atoms with van der Waals surface area (Å²) in [6, 6.07) is 0. The number of hydrogen-bond acceptors (Lipinski definition) is 4. The normalized spacial score (nSPS) is 17.8. The first-order valence-corrected chi connectivity index (χ1v) is 6.44. The number of nitrogens with one attached hydrogen (secondary N) is 1. The minimum absolute atomic E-state index is 0.0795. The lowest BCUT2D eigenvalue weighted by molar-refractivity contribution is 0.0761. The van der Waals surface area contributed by atoms with E-state index in [9.17, 15) is 4.79 Å². The summed E-state index contributed by atoms with van der Waals surface area (Å²) in [7, 11) is 0. The topological polar surface area (TPSA) is 78.2 Å². The molecule has 0 spiro atoms. The van der Waals surface area contributed by atoms with Crippen LogP contribution in [-0.2, 0) is 0 Å². The van der Waals surface area contributed by atoms with Crippen molar-refractivity contribution < 1.29 is 4.79 Å². The number of H-pyrrole nitrogens is 1. The van der Waals surface area contributed by atoms with Crippen LogP contribution in [0.15, 0.2) is 6.20 Å². The molecule has 0 bridgehead atoms. The molecule has 1 aromatic rings. The van der Waals surface area contributed by atoms with Crippen molar-refractivity contribution in [3.05, 3.63) is 17.5 Å². The number of nitrogens with two attached hydrogens (primary N) is 1. The Kier molecular flexibility index (Phi) is 4.33. The maximum atomic E-state index is 12.3. The SMILES string of the molecule is Cc1[nH]ncc1C(=O)N1CCCN(CCN)CC1. The second-order valence-corrected chi connectivity index (χ2v) is 4.68. The van der Waals surface area contributed by atoms with Crippen LogP contribution in [0.5, 0.6) is 0 Å². The zero-order valence-corrected chi connectivity index (χ0v) is 10.9. The monoisotopic (exact) mass is 251 g/mol. The highest BCUT2D eigenvalue weighted by atomic mass is 16.2. The van der Waals surface area contributed by atoms with Crippen LogP contribution in [0.1, 0.15) is 22.5 Å². The molecular weight excluding hydrogens is 230 g/mol. The summed E-state index contributed by atoms with van der Waals surface area (Å²) in [5.74, 6) is 0.0795. The predicted molar refractivity (Wildman–Crippen MR) is 69.3 cm³/mol. The van der Waals surface area contributed by atoms with Crippen LogP contribution in [0.2, 0.25) is 0 Å². The van der Waals surface area contributed by atoms with Crippen molar-refractivity contribution in [2.75, 3.05) is 39.3 Å². The summed E-state index contributed by atoms with van der Waals surface area (Å²) in [6.07, 6.45) is 2.61. The predicted octanol–water partition coefficient (Wildman–Crippen LogP) is -0.175. The summed E-state index contributed by atoms with van der Waals surface area (Å²) in [4.78, 5) is 16.5. The number of aromatic amines is 1. The van der Waals surface area contributed by atoms with Crippen LogP contribution in [0, 0.1) is 6.92 Å². The number of carbonyl (C=O) groups is 1. The molecule has 6 heteroatoms. The van der Waals surface area contributed by atoms with Crippen LogP contribution in [0.25, 0.3) is 0 Å². The van der Waals surface area contributed by atoms with Gasteiger partial charge in [0.25, 0.3) is 5.91 Å². The van der Waals surface area contributed by atoms with Crippen molar-refractivity contribution in [1.29, 1.82) is 0 Å². The number of aryl methyl sites for hydroxylation is 1. The van der Waals surface area contributed by atoms with E-state index >= 15 is 0 Å². The minimum atomic E-state index is 0.0795. The van der Waals surface area contributed by atoms with Crippen molar-refractivity contribution >= 4 is 5.91 Å². The van der Waals surface area contributed by atoms with Gasteiger partial charge in [-0.25, -0.2) is 0 Å². The van der Waals surface area contributed by atoms with Gasteiger partial charge in [0.1, 0.15) is 0 Å². The lowest BCUT2D eigenvalue weighted by Gasteiger charge is -2.21. The van der Waals surface area contributed by atoms with Crippen molar-refractivity contribution in [3.63, 3.8) is 0 Å². The fourth-order valence-corrected chi connectivity index (χ4v) is 2.32. The average Bonchev–Trinajstić information content (AvgIpc) is 2.64. The fourth-order valence-electron chi connectivity index (χ4n) is 2.32. The van der Waals surface area contributed by atoms with E-state index in [-0.39, 0.29) is 5.91 Å². The Morgan fingerprint density at radius 3 is 2.94 bits per heavy atom. The van der Waals surface area contributed by atoms with Crippen LogP contribution in [-0.4, -0.2) is 65.2 Å². The number of aromatic nitrogens is 2. The Labute approximate surface area is 107 Å². The number of carbonyl (C=O) groups excluding carboxylic acids is 1. The molecule has 6 nitrogen and oxygen atoms in total. The van der Waals surface area contributed by atoms with Crippen LogP contribution in [0.4, 0.5) is 0 Å². The van der Waals surface area contributed by atoms with Gasteiger partial charge in [-0.15, -0.1) is 0 Å². The molecule has 100 valence electrons. The van der Waals surface area contributed by atoms with Crippen molar-refractivity contribution in [1.82, 2.24) is 20.0 Å². The maximum absolute atomic E-state index is 12.3. The molecule has 1 aliphatic rings. The molecule has 1 fully saturated rings. The van der Waals surface area contributed by atoms with Gasteiger partial charge in [-0.2, -0.15) is 5.10 Å². The summed E-state index contributed by atoms with van der Waals surface area (Å²) >= 11 is 0. The number of rotatable bonds is 3. The zero-order chi connectivity index (χ0) is 13.0. The largest absolute Gasteiger partial charge is 0.337 e. The van der Waals surface area contributed by atoms with Gasteiger partial charge in [0.2, 0.25) is 0 Å². The fraction of sp³-hybridized carbons (Fsp3) is 0.667. The molecule has 0 aliphatic carbocycles. The third kappa shape index (κ3) is 2.88. The summed E-state index contributed by atoms with van der Waals surface area (Å²) in [6.45, 7) is 6.96. The van der Waals surface area contributed by atoms with Gasteiger partial charge in [-0.3, -0.25) is 9.89 Å². The maximum Gasteiger partial charge on any atom is 0.257 e. The molecule has 1 aliphatic heterocycles. The Hall–Kier alpha value is -1.40. The molecular formula is C12H21N5O. The number of nitrogens with zero attached hydrogens (tertiary/aromatic N) is 3. The first-order valence-electron chi connectivity index (χ1n) is 6.44. The molecule has 0 unspecified atom stereocenters. The van der Waals surface area contributed by atoms with E-state index in [4.69, 9.17) is 5.73 Å². The molecule has 0 radical (unpaired) electrons. The summed E-state index contributed by atoms with van der Waals surface area (Å²) in [5.41, 5.74) is 7.09. The highest BCUT2D eigenvalue weighted by molar-refractivity contribution is 5.95. The van der Waals surface area contributed by atoms with Crippen LogP contribution in [0.3, 0.4) is 0 Å². The first kappa shape index (κ1) is 13.0. The average molecular weight is 251 g/mol. The third-order valence-corrected chi connectivity index (χ3v) is 3.38. The second-order valence-electron chi connectivity index (χ2n) is 4.68. The quantitative estimate of drug-likeness (QED) is 0.781. The molecule has 1 aromatic heterocycles. The van der Waals surface area contributed by atoms with E-state index in [1.807, 2.05) is 11.8 Å². The van der Waals surface area contributed by atoms with Gasteiger partial charge >= 0.3 is 0 Å².